The molecule has 0 unspecified atom stereocenters. The molecule has 4 rings (SSSR count). The molecular formula is C22H28N2O4. The number of hydrogen-bond acceptors (Lipinski definition) is 5. The van der Waals surface area contributed by atoms with E-state index in [0.717, 1.165) is 37.2 Å². The van der Waals surface area contributed by atoms with E-state index >= 15 is 0 Å². The molecule has 0 bridgehead atoms. The number of nitrogens with zero attached hydrogens (tertiary/aromatic N) is 1. The van der Waals surface area contributed by atoms with E-state index in [0.29, 0.717) is 36.8 Å². The van der Waals surface area contributed by atoms with Crippen LogP contribution in [0.4, 0.5) is 0 Å². The van der Waals surface area contributed by atoms with E-state index in [4.69, 9.17) is 14.0 Å². The van der Waals surface area contributed by atoms with E-state index in [-0.39, 0.29) is 17.2 Å². The van der Waals surface area contributed by atoms with Crippen LogP contribution in [0.5, 0.6) is 11.5 Å². The lowest BCUT2D eigenvalue weighted by Gasteiger charge is -2.31. The van der Waals surface area contributed by atoms with Gasteiger partial charge in [0.15, 0.2) is 17.3 Å². The topological polar surface area (TPSA) is 73.6 Å². The summed E-state index contributed by atoms with van der Waals surface area (Å²) in [4.78, 5) is 13.0. The van der Waals surface area contributed by atoms with E-state index in [1.807, 2.05) is 26.8 Å². The Morgan fingerprint density at radius 3 is 2.61 bits per heavy atom. The number of amides is 1. The van der Waals surface area contributed by atoms with Gasteiger partial charge >= 0.3 is 0 Å². The molecule has 1 aromatic carbocycles. The molecule has 150 valence electrons. The van der Waals surface area contributed by atoms with E-state index in [2.05, 4.69) is 22.6 Å². The summed E-state index contributed by atoms with van der Waals surface area (Å²) in [5.41, 5.74) is 2.35. The van der Waals surface area contributed by atoms with Crippen molar-refractivity contribution in [1.82, 2.24) is 10.5 Å². The lowest BCUT2D eigenvalue weighted by atomic mass is 9.78. The van der Waals surface area contributed by atoms with Crippen LogP contribution in [0, 0.1) is 6.92 Å². The van der Waals surface area contributed by atoms with Crippen molar-refractivity contribution in [2.45, 2.75) is 57.8 Å². The van der Waals surface area contributed by atoms with E-state index in [1.165, 1.54) is 5.56 Å². The molecule has 1 saturated carbocycles. The number of rotatable bonds is 5. The molecule has 1 aliphatic heterocycles. The van der Waals surface area contributed by atoms with Crippen LogP contribution in [0.3, 0.4) is 0 Å². The molecule has 0 spiro atoms. The molecule has 0 radical (unpaired) electrons. The first kappa shape index (κ1) is 18.8. The predicted molar refractivity (Wildman–Crippen MR) is 105 cm³/mol. The molecule has 6 nitrogen and oxygen atoms in total. The van der Waals surface area contributed by atoms with Crippen LogP contribution in [0.15, 0.2) is 22.7 Å². The minimum atomic E-state index is -0.105. The van der Waals surface area contributed by atoms with Crippen LogP contribution in [0.1, 0.15) is 72.8 Å². The largest absolute Gasteiger partial charge is 0.486 e. The number of benzene rings is 1. The van der Waals surface area contributed by atoms with E-state index in [9.17, 15) is 4.79 Å². The smallest absolute Gasteiger partial charge is 0.256 e. The summed E-state index contributed by atoms with van der Waals surface area (Å²) < 4.78 is 16.8. The first-order valence-corrected chi connectivity index (χ1v) is 10.1. The first-order chi connectivity index (χ1) is 13.5. The standard InChI is InChI=1S/C22H28N2O4/c1-14(2)20-19(15(3)24-28-20)21(25)23-13-22(8-4-5-9-22)16-6-7-17-18(12-16)27-11-10-26-17/h6-7,12,14H,4-5,8-11,13H2,1-3H3,(H,23,25). The predicted octanol–water partition coefficient (Wildman–Crippen LogP) is 4.12. The van der Waals surface area contributed by atoms with Gasteiger partial charge in [0.1, 0.15) is 18.8 Å². The number of carbonyl (C=O) groups excluding carboxylic acids is 1. The van der Waals surface area contributed by atoms with Crippen molar-refractivity contribution in [1.29, 1.82) is 0 Å². The van der Waals surface area contributed by atoms with Gasteiger partial charge in [-0.25, -0.2) is 0 Å². The van der Waals surface area contributed by atoms with Crippen LogP contribution in [-0.2, 0) is 5.41 Å². The minimum Gasteiger partial charge on any atom is -0.486 e. The molecule has 1 N–H and O–H groups in total. The highest BCUT2D eigenvalue weighted by molar-refractivity contribution is 5.96. The van der Waals surface area contributed by atoms with Crippen molar-refractivity contribution in [3.8, 4) is 11.5 Å². The molecule has 1 amide bonds. The lowest BCUT2D eigenvalue weighted by molar-refractivity contribution is 0.0940. The van der Waals surface area contributed by atoms with Crippen LogP contribution in [0.25, 0.3) is 0 Å². The fraction of sp³-hybridized carbons (Fsp3) is 0.545. The molecule has 1 aliphatic carbocycles. The number of nitrogens with one attached hydrogen (secondary N) is 1. The zero-order chi connectivity index (χ0) is 19.7. The summed E-state index contributed by atoms with van der Waals surface area (Å²) in [5, 5.41) is 7.17. The van der Waals surface area contributed by atoms with Crippen molar-refractivity contribution in [3.63, 3.8) is 0 Å². The second-order valence-electron chi connectivity index (χ2n) is 8.19. The third-order valence-electron chi connectivity index (χ3n) is 5.94. The number of fused-ring (bicyclic) bond motifs is 1. The minimum absolute atomic E-state index is 0.0748. The molecular weight excluding hydrogens is 356 g/mol. The first-order valence-electron chi connectivity index (χ1n) is 10.1. The summed E-state index contributed by atoms with van der Waals surface area (Å²) >= 11 is 0. The number of hydrogen-bond donors (Lipinski definition) is 1. The summed E-state index contributed by atoms with van der Waals surface area (Å²) in [7, 11) is 0. The van der Waals surface area contributed by atoms with Gasteiger partial charge in [0.05, 0.1) is 5.69 Å². The highest BCUT2D eigenvalue weighted by Crippen LogP contribution is 2.44. The third-order valence-corrected chi connectivity index (χ3v) is 5.94. The fourth-order valence-corrected chi connectivity index (χ4v) is 4.39. The van der Waals surface area contributed by atoms with Gasteiger partial charge in [-0.2, -0.15) is 0 Å². The molecule has 0 atom stereocenters. The van der Waals surface area contributed by atoms with Gasteiger partial charge in [-0.1, -0.05) is 37.9 Å². The zero-order valence-electron chi connectivity index (χ0n) is 16.8. The Kier molecular flexibility index (Phi) is 5.04. The van der Waals surface area contributed by atoms with Gasteiger partial charge in [-0.3, -0.25) is 4.79 Å². The van der Waals surface area contributed by atoms with Crippen molar-refractivity contribution in [2.75, 3.05) is 19.8 Å². The Hall–Kier alpha value is -2.50. The molecule has 2 aromatic rings. The fourth-order valence-electron chi connectivity index (χ4n) is 4.39. The highest BCUT2D eigenvalue weighted by Gasteiger charge is 2.37. The molecule has 2 aliphatic rings. The van der Waals surface area contributed by atoms with Gasteiger partial charge in [0.25, 0.3) is 5.91 Å². The Morgan fingerprint density at radius 2 is 1.89 bits per heavy atom. The van der Waals surface area contributed by atoms with Crippen molar-refractivity contribution >= 4 is 5.91 Å². The zero-order valence-corrected chi connectivity index (χ0v) is 16.8. The summed E-state index contributed by atoms with van der Waals surface area (Å²) in [6, 6.07) is 6.21. The molecule has 1 fully saturated rings. The Balaban J connectivity index is 1.56. The molecule has 28 heavy (non-hydrogen) atoms. The lowest BCUT2D eigenvalue weighted by Crippen LogP contribution is -2.39. The second kappa shape index (κ2) is 7.49. The molecule has 0 saturated heterocycles. The second-order valence-corrected chi connectivity index (χ2v) is 8.19. The highest BCUT2D eigenvalue weighted by atomic mass is 16.6. The van der Waals surface area contributed by atoms with Crippen LogP contribution in [-0.4, -0.2) is 30.8 Å². The molecule has 2 heterocycles. The van der Waals surface area contributed by atoms with Crippen LogP contribution >= 0.6 is 0 Å². The average molecular weight is 384 g/mol. The number of aromatic nitrogens is 1. The Bertz CT molecular complexity index is 865. The Labute approximate surface area is 165 Å². The maximum absolute atomic E-state index is 13.0. The van der Waals surface area contributed by atoms with Gasteiger partial charge < -0.3 is 19.3 Å². The van der Waals surface area contributed by atoms with Crippen molar-refractivity contribution < 1.29 is 18.8 Å². The summed E-state index contributed by atoms with van der Waals surface area (Å²) in [6.07, 6.45) is 4.42. The average Bonchev–Trinajstić information content (AvgIpc) is 3.33. The van der Waals surface area contributed by atoms with Crippen molar-refractivity contribution in [2.24, 2.45) is 0 Å². The number of aryl methyl sites for hydroxylation is 1. The summed E-state index contributed by atoms with van der Waals surface area (Å²) in [5.74, 6) is 2.26. The maximum Gasteiger partial charge on any atom is 0.256 e. The maximum atomic E-state index is 13.0. The third kappa shape index (κ3) is 3.36. The number of carbonyl (C=O) groups is 1. The van der Waals surface area contributed by atoms with Crippen LogP contribution in [0.2, 0.25) is 0 Å². The van der Waals surface area contributed by atoms with Crippen molar-refractivity contribution in [3.05, 3.63) is 40.8 Å². The van der Waals surface area contributed by atoms with E-state index in [1.54, 1.807) is 0 Å². The number of ether oxygens (including phenoxy) is 2. The van der Waals surface area contributed by atoms with E-state index < -0.39 is 0 Å². The Morgan fingerprint density at radius 1 is 1.18 bits per heavy atom. The van der Waals surface area contributed by atoms with Gasteiger partial charge in [-0.05, 0) is 37.5 Å². The van der Waals surface area contributed by atoms with Gasteiger partial charge in [0.2, 0.25) is 0 Å². The molecule has 1 aromatic heterocycles. The molecule has 6 heteroatoms. The summed E-state index contributed by atoms with van der Waals surface area (Å²) in [6.45, 7) is 7.58. The quantitative estimate of drug-likeness (QED) is 0.839. The SMILES string of the molecule is Cc1noc(C(C)C)c1C(=O)NCC1(c2ccc3c(c2)OCCO3)CCCC1. The van der Waals surface area contributed by atoms with Gasteiger partial charge in [0, 0.05) is 17.9 Å². The monoisotopic (exact) mass is 384 g/mol. The normalized spacial score (nSPS) is 17.7. The van der Waals surface area contributed by atoms with Crippen LogP contribution < -0.4 is 14.8 Å². The van der Waals surface area contributed by atoms with Gasteiger partial charge in [-0.15, -0.1) is 0 Å².